The first kappa shape index (κ1) is 17.7. The maximum atomic E-state index is 12.3. The Morgan fingerprint density at radius 3 is 2.61 bits per heavy atom. The van der Waals surface area contributed by atoms with Gasteiger partial charge in [0.15, 0.2) is 12.3 Å². The summed E-state index contributed by atoms with van der Waals surface area (Å²) < 4.78 is 7.40. The second kappa shape index (κ2) is 7.52. The smallest absolute Gasteiger partial charge is 0.262 e. The Labute approximate surface area is 162 Å². The van der Waals surface area contributed by atoms with Crippen LogP contribution in [0.1, 0.15) is 11.3 Å². The minimum Gasteiger partial charge on any atom is -0.483 e. The van der Waals surface area contributed by atoms with Crippen LogP contribution in [0.3, 0.4) is 0 Å². The number of anilines is 1. The molecule has 0 bridgehead atoms. The van der Waals surface area contributed by atoms with E-state index in [1.165, 1.54) is 0 Å². The molecule has 0 aliphatic carbocycles. The average Bonchev–Trinajstić information content (AvgIpc) is 3.04. The van der Waals surface area contributed by atoms with Crippen LogP contribution < -0.4 is 10.1 Å². The van der Waals surface area contributed by atoms with Gasteiger partial charge in [0.1, 0.15) is 5.75 Å². The zero-order valence-electron chi connectivity index (χ0n) is 15.7. The number of para-hydroxylation sites is 2. The summed E-state index contributed by atoms with van der Waals surface area (Å²) in [6, 6.07) is 19.3. The number of hydrogen-bond donors (Lipinski definition) is 1. The number of ether oxygens (including phenoxy) is 1. The summed E-state index contributed by atoms with van der Waals surface area (Å²) in [5.41, 5.74) is 4.14. The summed E-state index contributed by atoms with van der Waals surface area (Å²) in [4.78, 5) is 16.8. The summed E-state index contributed by atoms with van der Waals surface area (Å²) in [5.74, 6) is 0.462. The van der Waals surface area contributed by atoms with Crippen LogP contribution in [0.4, 0.5) is 5.69 Å². The van der Waals surface area contributed by atoms with Crippen LogP contribution in [-0.4, -0.2) is 27.3 Å². The molecule has 0 aliphatic rings. The normalized spacial score (nSPS) is 10.8. The largest absolute Gasteiger partial charge is 0.483 e. The van der Waals surface area contributed by atoms with E-state index in [9.17, 15) is 4.79 Å². The molecule has 0 unspecified atom stereocenters. The summed E-state index contributed by atoms with van der Waals surface area (Å²) in [6.07, 6.45) is 1.63. The number of nitrogens with zero attached hydrogens (tertiary/aromatic N) is 3. The molecule has 0 atom stereocenters. The van der Waals surface area contributed by atoms with Crippen molar-refractivity contribution in [2.75, 3.05) is 11.9 Å². The fourth-order valence-corrected chi connectivity index (χ4v) is 3.02. The van der Waals surface area contributed by atoms with Crippen LogP contribution in [-0.2, 0) is 4.79 Å². The fourth-order valence-electron chi connectivity index (χ4n) is 3.02. The summed E-state index contributed by atoms with van der Waals surface area (Å²) in [6.45, 7) is 3.81. The Bertz CT molecular complexity index is 1140. The highest BCUT2D eigenvalue weighted by atomic mass is 16.5. The maximum Gasteiger partial charge on any atom is 0.262 e. The first-order valence-corrected chi connectivity index (χ1v) is 9.01. The summed E-state index contributed by atoms with van der Waals surface area (Å²) in [5, 5.41) is 8.31. The average molecular weight is 372 g/mol. The molecular formula is C22H20N4O2. The SMILES string of the molecule is Cc1ccccc1OCC(=O)Nc1cnc2c(c1)c(C)nn2-c1ccccc1. The highest BCUT2D eigenvalue weighted by molar-refractivity contribution is 5.94. The number of carbonyl (C=O) groups is 1. The van der Waals surface area contributed by atoms with Crippen LogP contribution in [0.15, 0.2) is 66.9 Å². The number of amides is 1. The van der Waals surface area contributed by atoms with Gasteiger partial charge in [-0.05, 0) is 43.7 Å². The van der Waals surface area contributed by atoms with Crippen molar-refractivity contribution in [1.82, 2.24) is 14.8 Å². The zero-order chi connectivity index (χ0) is 19.5. The molecule has 140 valence electrons. The van der Waals surface area contributed by atoms with E-state index in [-0.39, 0.29) is 12.5 Å². The third kappa shape index (κ3) is 3.57. The molecule has 0 saturated heterocycles. The third-order valence-corrected chi connectivity index (χ3v) is 4.44. The predicted octanol–water partition coefficient (Wildman–Crippen LogP) is 4.05. The standard InChI is InChI=1S/C22H20N4O2/c1-15-8-6-7-11-20(15)28-14-21(27)24-17-12-19-16(2)25-26(22(19)23-13-17)18-9-4-3-5-10-18/h3-13H,14H2,1-2H3,(H,24,27). The van der Waals surface area contributed by atoms with Crippen LogP contribution in [0.5, 0.6) is 5.75 Å². The number of fused-ring (bicyclic) bond motifs is 1. The van der Waals surface area contributed by atoms with Gasteiger partial charge < -0.3 is 10.1 Å². The minimum atomic E-state index is -0.238. The van der Waals surface area contributed by atoms with Crippen molar-refractivity contribution in [3.05, 3.63) is 78.1 Å². The second-order valence-corrected chi connectivity index (χ2v) is 6.53. The molecule has 1 N–H and O–H groups in total. The van der Waals surface area contributed by atoms with Crippen LogP contribution >= 0.6 is 0 Å². The molecule has 2 aromatic carbocycles. The van der Waals surface area contributed by atoms with Crippen molar-refractivity contribution < 1.29 is 9.53 Å². The fraction of sp³-hybridized carbons (Fsp3) is 0.136. The number of pyridine rings is 1. The number of hydrogen-bond acceptors (Lipinski definition) is 4. The number of nitrogens with one attached hydrogen (secondary N) is 1. The van der Waals surface area contributed by atoms with Crippen molar-refractivity contribution in [3.63, 3.8) is 0 Å². The first-order chi connectivity index (χ1) is 13.6. The molecule has 0 fully saturated rings. The molecular weight excluding hydrogens is 352 g/mol. The van der Waals surface area contributed by atoms with Crippen LogP contribution in [0.25, 0.3) is 16.7 Å². The predicted molar refractivity (Wildman–Crippen MR) is 109 cm³/mol. The molecule has 4 rings (SSSR count). The lowest BCUT2D eigenvalue weighted by molar-refractivity contribution is -0.118. The zero-order valence-corrected chi connectivity index (χ0v) is 15.7. The molecule has 1 amide bonds. The minimum absolute atomic E-state index is 0.0643. The molecule has 0 aliphatic heterocycles. The quantitative estimate of drug-likeness (QED) is 0.574. The third-order valence-electron chi connectivity index (χ3n) is 4.44. The van der Waals surface area contributed by atoms with Crippen molar-refractivity contribution in [2.24, 2.45) is 0 Å². The monoisotopic (exact) mass is 372 g/mol. The van der Waals surface area contributed by atoms with E-state index in [2.05, 4.69) is 15.4 Å². The highest BCUT2D eigenvalue weighted by Gasteiger charge is 2.12. The molecule has 2 heterocycles. The number of rotatable bonds is 5. The van der Waals surface area contributed by atoms with Crippen molar-refractivity contribution in [3.8, 4) is 11.4 Å². The molecule has 28 heavy (non-hydrogen) atoms. The Hall–Kier alpha value is -3.67. The van der Waals surface area contributed by atoms with Gasteiger partial charge in [-0.2, -0.15) is 5.10 Å². The molecule has 6 heteroatoms. The van der Waals surface area contributed by atoms with Gasteiger partial charge in [0.2, 0.25) is 0 Å². The molecule has 4 aromatic rings. The molecule has 0 saturated carbocycles. The molecule has 2 aromatic heterocycles. The van der Waals surface area contributed by atoms with E-state index < -0.39 is 0 Å². The van der Waals surface area contributed by atoms with Crippen molar-refractivity contribution in [2.45, 2.75) is 13.8 Å². The van der Waals surface area contributed by atoms with Gasteiger partial charge in [0, 0.05) is 5.39 Å². The van der Waals surface area contributed by atoms with Gasteiger partial charge in [-0.3, -0.25) is 4.79 Å². The molecule has 0 radical (unpaired) electrons. The summed E-state index contributed by atoms with van der Waals surface area (Å²) in [7, 11) is 0. The Kier molecular flexibility index (Phi) is 4.76. The number of aryl methyl sites for hydroxylation is 2. The lowest BCUT2D eigenvalue weighted by atomic mass is 10.2. The van der Waals surface area contributed by atoms with Gasteiger partial charge in [-0.15, -0.1) is 0 Å². The van der Waals surface area contributed by atoms with E-state index >= 15 is 0 Å². The topological polar surface area (TPSA) is 69.0 Å². The van der Waals surface area contributed by atoms with E-state index in [1.807, 2.05) is 74.5 Å². The number of benzene rings is 2. The van der Waals surface area contributed by atoms with E-state index in [0.717, 1.165) is 28.0 Å². The van der Waals surface area contributed by atoms with Crippen molar-refractivity contribution in [1.29, 1.82) is 0 Å². The van der Waals surface area contributed by atoms with E-state index in [4.69, 9.17) is 4.74 Å². The van der Waals surface area contributed by atoms with E-state index in [1.54, 1.807) is 10.9 Å². The van der Waals surface area contributed by atoms with Gasteiger partial charge >= 0.3 is 0 Å². The van der Waals surface area contributed by atoms with Crippen LogP contribution in [0, 0.1) is 13.8 Å². The lowest BCUT2D eigenvalue weighted by Gasteiger charge is -2.09. The van der Waals surface area contributed by atoms with Crippen LogP contribution in [0.2, 0.25) is 0 Å². The van der Waals surface area contributed by atoms with E-state index in [0.29, 0.717) is 11.4 Å². The Balaban J connectivity index is 1.51. The number of aromatic nitrogens is 3. The number of carbonyl (C=O) groups excluding carboxylic acids is 1. The van der Waals surface area contributed by atoms with Gasteiger partial charge in [-0.25, -0.2) is 9.67 Å². The van der Waals surface area contributed by atoms with Gasteiger partial charge in [-0.1, -0.05) is 36.4 Å². The van der Waals surface area contributed by atoms with Crippen molar-refractivity contribution >= 4 is 22.6 Å². The Morgan fingerprint density at radius 2 is 1.82 bits per heavy atom. The summed E-state index contributed by atoms with van der Waals surface area (Å²) >= 11 is 0. The first-order valence-electron chi connectivity index (χ1n) is 9.01. The second-order valence-electron chi connectivity index (χ2n) is 6.53. The molecule has 0 spiro atoms. The molecule has 6 nitrogen and oxygen atoms in total. The highest BCUT2D eigenvalue weighted by Crippen LogP contribution is 2.23. The maximum absolute atomic E-state index is 12.3. The lowest BCUT2D eigenvalue weighted by Crippen LogP contribution is -2.20. The van der Waals surface area contributed by atoms with Gasteiger partial charge in [0.25, 0.3) is 5.91 Å². The Morgan fingerprint density at radius 1 is 1.07 bits per heavy atom. The van der Waals surface area contributed by atoms with Gasteiger partial charge in [0.05, 0.1) is 23.3 Å².